The summed E-state index contributed by atoms with van der Waals surface area (Å²) in [6.07, 6.45) is 1.70. The van der Waals surface area contributed by atoms with E-state index in [4.69, 9.17) is 4.74 Å². The molecule has 138 valence electrons. The van der Waals surface area contributed by atoms with Crippen molar-refractivity contribution in [1.29, 1.82) is 0 Å². The lowest BCUT2D eigenvalue weighted by Gasteiger charge is -2.17. The minimum Gasteiger partial charge on any atom is -0.376 e. The number of carbonyl (C=O) groups is 3. The molecule has 1 saturated heterocycles. The molecular weight excluding hydrogens is 412 g/mol. The Hall–Kier alpha value is -2.51. The quantitative estimate of drug-likeness (QED) is 0.756. The number of anilines is 1. The van der Waals surface area contributed by atoms with Gasteiger partial charge in [-0.1, -0.05) is 22.0 Å². The van der Waals surface area contributed by atoms with E-state index in [0.29, 0.717) is 29.0 Å². The van der Waals surface area contributed by atoms with Crippen LogP contribution in [0.15, 0.2) is 46.9 Å². The van der Waals surface area contributed by atoms with E-state index in [2.05, 4.69) is 21.2 Å². The van der Waals surface area contributed by atoms with Crippen molar-refractivity contribution < 1.29 is 19.1 Å². The van der Waals surface area contributed by atoms with Crippen LogP contribution in [0.1, 0.15) is 43.9 Å². The van der Waals surface area contributed by atoms with Gasteiger partial charge in [0.2, 0.25) is 0 Å². The van der Waals surface area contributed by atoms with Crippen molar-refractivity contribution >= 4 is 39.3 Å². The van der Waals surface area contributed by atoms with Crippen molar-refractivity contribution in [3.63, 3.8) is 0 Å². The lowest BCUT2D eigenvalue weighted by Crippen LogP contribution is -2.36. The molecule has 4 rings (SSSR count). The minimum atomic E-state index is -0.343. The van der Waals surface area contributed by atoms with E-state index >= 15 is 0 Å². The van der Waals surface area contributed by atoms with Crippen molar-refractivity contribution in [3.8, 4) is 0 Å². The van der Waals surface area contributed by atoms with Crippen LogP contribution in [0.2, 0.25) is 0 Å². The van der Waals surface area contributed by atoms with E-state index in [-0.39, 0.29) is 30.4 Å². The van der Waals surface area contributed by atoms with Gasteiger partial charge < -0.3 is 10.1 Å². The summed E-state index contributed by atoms with van der Waals surface area (Å²) in [6, 6.07) is 11.8. The Morgan fingerprint density at radius 3 is 2.70 bits per heavy atom. The second-order valence-corrected chi connectivity index (χ2v) is 7.50. The molecule has 0 spiro atoms. The van der Waals surface area contributed by atoms with Gasteiger partial charge in [0.05, 0.1) is 23.8 Å². The van der Waals surface area contributed by atoms with Crippen LogP contribution in [0.25, 0.3) is 0 Å². The summed E-state index contributed by atoms with van der Waals surface area (Å²) in [6.45, 7) is 0.936. The maximum absolute atomic E-state index is 12.7. The number of ether oxygens (including phenoxy) is 1. The lowest BCUT2D eigenvalue weighted by molar-refractivity contribution is 0.0475. The van der Waals surface area contributed by atoms with Crippen LogP contribution < -0.4 is 5.32 Å². The first-order valence-electron chi connectivity index (χ1n) is 8.72. The number of halogens is 1. The predicted octanol–water partition coefficient (Wildman–Crippen LogP) is 3.48. The summed E-state index contributed by atoms with van der Waals surface area (Å²) >= 11 is 3.34. The zero-order valence-corrected chi connectivity index (χ0v) is 16.0. The molecule has 2 aliphatic heterocycles. The van der Waals surface area contributed by atoms with Crippen LogP contribution in [0, 0.1) is 0 Å². The molecule has 1 atom stereocenters. The van der Waals surface area contributed by atoms with Crippen LogP contribution >= 0.6 is 15.9 Å². The Kier molecular flexibility index (Phi) is 4.80. The molecule has 0 aliphatic carbocycles. The Bertz CT molecular complexity index is 937. The Balaban J connectivity index is 1.53. The third-order valence-corrected chi connectivity index (χ3v) is 5.22. The number of imide groups is 1. The molecule has 2 aromatic carbocycles. The van der Waals surface area contributed by atoms with Gasteiger partial charge in [-0.3, -0.25) is 19.3 Å². The molecule has 3 amide bonds. The Morgan fingerprint density at radius 1 is 1.15 bits per heavy atom. The smallest absolute Gasteiger partial charge is 0.261 e. The van der Waals surface area contributed by atoms with Crippen LogP contribution in [0.4, 0.5) is 5.69 Å². The summed E-state index contributed by atoms with van der Waals surface area (Å²) in [4.78, 5) is 38.9. The monoisotopic (exact) mass is 428 g/mol. The zero-order chi connectivity index (χ0) is 19.0. The lowest BCUT2D eigenvalue weighted by atomic mass is 10.1. The van der Waals surface area contributed by atoms with Crippen molar-refractivity contribution in [3.05, 3.63) is 63.6 Å². The van der Waals surface area contributed by atoms with Gasteiger partial charge in [-0.05, 0) is 49.2 Å². The number of amides is 3. The van der Waals surface area contributed by atoms with E-state index in [1.54, 1.807) is 36.4 Å². The molecule has 0 saturated carbocycles. The Morgan fingerprint density at radius 2 is 1.96 bits per heavy atom. The minimum absolute atomic E-state index is 0.0945. The van der Waals surface area contributed by atoms with Crippen molar-refractivity contribution in [2.75, 3.05) is 18.5 Å². The highest BCUT2D eigenvalue weighted by molar-refractivity contribution is 9.10. The van der Waals surface area contributed by atoms with Gasteiger partial charge in [-0.15, -0.1) is 0 Å². The second-order valence-electron chi connectivity index (χ2n) is 6.58. The number of fused-ring (bicyclic) bond motifs is 1. The number of nitrogens with one attached hydrogen (secondary N) is 1. The van der Waals surface area contributed by atoms with Crippen LogP contribution in [0.5, 0.6) is 0 Å². The zero-order valence-electron chi connectivity index (χ0n) is 14.4. The van der Waals surface area contributed by atoms with E-state index < -0.39 is 0 Å². The first-order valence-corrected chi connectivity index (χ1v) is 9.51. The molecule has 1 fully saturated rings. The third kappa shape index (κ3) is 3.52. The molecule has 2 aromatic rings. The summed E-state index contributed by atoms with van der Waals surface area (Å²) in [5.41, 5.74) is 1.63. The fourth-order valence-electron chi connectivity index (χ4n) is 3.36. The second kappa shape index (κ2) is 7.25. The van der Waals surface area contributed by atoms with E-state index in [9.17, 15) is 14.4 Å². The van der Waals surface area contributed by atoms with E-state index in [1.165, 1.54) is 4.90 Å². The molecule has 0 unspecified atom stereocenters. The number of hydrogen-bond acceptors (Lipinski definition) is 4. The van der Waals surface area contributed by atoms with Gasteiger partial charge in [-0.2, -0.15) is 0 Å². The molecular formula is C20H17BrN2O4. The first kappa shape index (κ1) is 17.9. The topological polar surface area (TPSA) is 75.7 Å². The fourth-order valence-corrected chi connectivity index (χ4v) is 3.76. The van der Waals surface area contributed by atoms with Gasteiger partial charge in [0.1, 0.15) is 0 Å². The van der Waals surface area contributed by atoms with Crippen molar-refractivity contribution in [1.82, 2.24) is 4.90 Å². The number of rotatable bonds is 4. The van der Waals surface area contributed by atoms with Crippen LogP contribution in [-0.2, 0) is 4.74 Å². The standard InChI is InChI=1S/C20H17BrN2O4/c21-13-4-1-3-12(9-13)18(24)22-14-6-7-16-17(10-14)20(26)23(19(16)25)11-15-5-2-8-27-15/h1,3-4,6-7,9-10,15H,2,5,8,11H2,(H,22,24)/t15-/m1/s1. The highest BCUT2D eigenvalue weighted by Gasteiger charge is 2.37. The van der Waals surface area contributed by atoms with Gasteiger partial charge in [0.25, 0.3) is 17.7 Å². The third-order valence-electron chi connectivity index (χ3n) is 4.73. The molecule has 1 N–H and O–H groups in total. The molecule has 0 bridgehead atoms. The molecule has 2 heterocycles. The van der Waals surface area contributed by atoms with Crippen LogP contribution in [-0.4, -0.2) is 41.9 Å². The number of hydrogen-bond donors (Lipinski definition) is 1. The average Bonchev–Trinajstić information content (AvgIpc) is 3.25. The van der Waals surface area contributed by atoms with E-state index in [1.807, 2.05) is 6.07 Å². The van der Waals surface area contributed by atoms with E-state index in [0.717, 1.165) is 17.3 Å². The van der Waals surface area contributed by atoms with Crippen LogP contribution in [0.3, 0.4) is 0 Å². The number of benzene rings is 2. The largest absolute Gasteiger partial charge is 0.376 e. The number of carbonyl (C=O) groups excluding carboxylic acids is 3. The molecule has 2 aliphatic rings. The maximum atomic E-state index is 12.7. The summed E-state index contributed by atoms with van der Waals surface area (Å²) in [7, 11) is 0. The molecule has 0 radical (unpaired) electrons. The predicted molar refractivity (Wildman–Crippen MR) is 103 cm³/mol. The first-order chi connectivity index (χ1) is 13.0. The molecule has 7 heteroatoms. The van der Waals surface area contributed by atoms with Crippen molar-refractivity contribution in [2.24, 2.45) is 0 Å². The average molecular weight is 429 g/mol. The summed E-state index contributed by atoms with van der Waals surface area (Å²) in [5.74, 6) is -0.941. The van der Waals surface area contributed by atoms with Gasteiger partial charge in [0.15, 0.2) is 0 Å². The molecule has 6 nitrogen and oxygen atoms in total. The number of nitrogens with zero attached hydrogens (tertiary/aromatic N) is 1. The molecule has 27 heavy (non-hydrogen) atoms. The van der Waals surface area contributed by atoms with Gasteiger partial charge in [-0.25, -0.2) is 0 Å². The normalized spacial score (nSPS) is 18.7. The van der Waals surface area contributed by atoms with Gasteiger partial charge >= 0.3 is 0 Å². The fraction of sp³-hybridized carbons (Fsp3) is 0.250. The maximum Gasteiger partial charge on any atom is 0.261 e. The summed E-state index contributed by atoms with van der Waals surface area (Å²) in [5, 5.41) is 2.77. The molecule has 0 aromatic heterocycles. The Labute approximate surface area is 164 Å². The van der Waals surface area contributed by atoms with Crippen molar-refractivity contribution in [2.45, 2.75) is 18.9 Å². The highest BCUT2D eigenvalue weighted by atomic mass is 79.9. The SMILES string of the molecule is O=C(Nc1ccc2c(c1)C(=O)N(C[C@H]1CCCO1)C2=O)c1cccc(Br)c1. The highest BCUT2D eigenvalue weighted by Crippen LogP contribution is 2.27. The summed E-state index contributed by atoms with van der Waals surface area (Å²) < 4.78 is 6.34. The van der Waals surface area contributed by atoms with Gasteiger partial charge in [0, 0.05) is 22.3 Å².